The van der Waals surface area contributed by atoms with E-state index >= 15 is 0 Å². The van der Waals surface area contributed by atoms with Gasteiger partial charge in [0.05, 0.1) is 6.61 Å². The molecule has 0 atom stereocenters. The smallest absolute Gasteiger partial charge is 0.130 e. The van der Waals surface area contributed by atoms with Crippen LogP contribution in [0.2, 0.25) is 0 Å². The lowest BCUT2D eigenvalue weighted by molar-refractivity contribution is 0.281. The van der Waals surface area contributed by atoms with Gasteiger partial charge in [-0.05, 0) is 61.2 Å². The van der Waals surface area contributed by atoms with Gasteiger partial charge in [0, 0.05) is 4.47 Å². The molecule has 0 saturated heterocycles. The highest BCUT2D eigenvalue weighted by Gasteiger charge is 2.06. The van der Waals surface area contributed by atoms with Gasteiger partial charge in [0.2, 0.25) is 0 Å². The molecule has 0 heterocycles. The predicted octanol–water partition coefficient (Wildman–Crippen LogP) is 4.66. The third-order valence-electron chi connectivity index (χ3n) is 3.06. The fraction of sp³-hybridized carbons (Fsp3) is 0.250. The lowest BCUT2D eigenvalue weighted by Gasteiger charge is -2.12. The maximum Gasteiger partial charge on any atom is 0.130 e. The van der Waals surface area contributed by atoms with Crippen LogP contribution in [0.25, 0.3) is 0 Å². The summed E-state index contributed by atoms with van der Waals surface area (Å²) in [5.41, 5.74) is 4.22. The Morgan fingerprint density at radius 1 is 1.00 bits per heavy atom. The summed E-state index contributed by atoms with van der Waals surface area (Å²) in [7, 11) is 0. The molecule has 1 N–H and O–H groups in total. The Bertz CT molecular complexity index is 583. The summed E-state index contributed by atoms with van der Waals surface area (Å²) in [6.07, 6.45) is 0. The largest absolute Gasteiger partial charge is 0.457 e. The van der Waals surface area contributed by atoms with Crippen molar-refractivity contribution in [1.29, 1.82) is 0 Å². The Labute approximate surface area is 122 Å². The van der Waals surface area contributed by atoms with Crippen LogP contribution in [0.4, 0.5) is 0 Å². The highest BCUT2D eigenvalue weighted by Crippen LogP contribution is 2.31. The van der Waals surface area contributed by atoms with Gasteiger partial charge >= 0.3 is 0 Å². The van der Waals surface area contributed by atoms with E-state index < -0.39 is 0 Å². The Balaban J connectivity index is 2.31. The zero-order chi connectivity index (χ0) is 14.0. The Morgan fingerprint density at radius 3 is 2.16 bits per heavy atom. The van der Waals surface area contributed by atoms with E-state index in [4.69, 9.17) is 9.84 Å². The van der Waals surface area contributed by atoms with Crippen LogP contribution in [0.1, 0.15) is 22.3 Å². The van der Waals surface area contributed by atoms with E-state index in [1.54, 1.807) is 0 Å². The highest BCUT2D eigenvalue weighted by atomic mass is 79.9. The first-order valence-electron chi connectivity index (χ1n) is 6.16. The van der Waals surface area contributed by atoms with Crippen LogP contribution < -0.4 is 4.74 Å². The zero-order valence-corrected chi connectivity index (χ0v) is 12.9. The molecule has 0 aliphatic heterocycles. The van der Waals surface area contributed by atoms with Gasteiger partial charge in [0.1, 0.15) is 11.5 Å². The molecule has 0 aliphatic carbocycles. The Kier molecular flexibility index (Phi) is 4.27. The molecule has 2 rings (SSSR count). The van der Waals surface area contributed by atoms with E-state index in [0.29, 0.717) is 0 Å². The van der Waals surface area contributed by atoms with Crippen molar-refractivity contribution in [3.8, 4) is 11.5 Å². The molecular formula is C16H17BrO2. The molecule has 0 radical (unpaired) electrons. The van der Waals surface area contributed by atoms with E-state index in [9.17, 15) is 0 Å². The van der Waals surface area contributed by atoms with Crippen LogP contribution in [0.5, 0.6) is 11.5 Å². The molecule has 0 amide bonds. The first-order chi connectivity index (χ1) is 9.01. The van der Waals surface area contributed by atoms with Gasteiger partial charge in [0.15, 0.2) is 0 Å². The summed E-state index contributed by atoms with van der Waals surface area (Å²) in [5.74, 6) is 1.65. The number of ether oxygens (including phenoxy) is 1. The minimum Gasteiger partial charge on any atom is -0.457 e. The molecule has 0 bridgehead atoms. The van der Waals surface area contributed by atoms with Crippen molar-refractivity contribution in [2.45, 2.75) is 27.4 Å². The van der Waals surface area contributed by atoms with E-state index in [1.807, 2.05) is 51.1 Å². The lowest BCUT2D eigenvalue weighted by Crippen LogP contribution is -1.92. The monoisotopic (exact) mass is 320 g/mol. The molecule has 3 heteroatoms. The molecule has 0 fully saturated rings. The molecule has 2 aromatic carbocycles. The summed E-state index contributed by atoms with van der Waals surface area (Å²) >= 11 is 3.55. The second-order valence-electron chi connectivity index (χ2n) is 4.73. The Hall–Kier alpha value is -1.32. The minimum atomic E-state index is 0.0532. The molecule has 100 valence electrons. The number of halogens is 1. The van der Waals surface area contributed by atoms with E-state index in [2.05, 4.69) is 15.9 Å². The van der Waals surface area contributed by atoms with Crippen molar-refractivity contribution in [3.63, 3.8) is 0 Å². The van der Waals surface area contributed by atoms with Crippen LogP contribution in [0, 0.1) is 20.8 Å². The van der Waals surface area contributed by atoms with Crippen molar-refractivity contribution in [3.05, 3.63) is 57.1 Å². The average Bonchev–Trinajstić information content (AvgIpc) is 2.38. The second kappa shape index (κ2) is 5.76. The number of aryl methyl sites for hydroxylation is 3. The van der Waals surface area contributed by atoms with E-state index in [1.165, 1.54) is 0 Å². The number of rotatable bonds is 3. The fourth-order valence-electron chi connectivity index (χ4n) is 2.02. The molecule has 0 unspecified atom stereocenters. The molecule has 0 saturated carbocycles. The van der Waals surface area contributed by atoms with Crippen LogP contribution in [0.15, 0.2) is 34.8 Å². The lowest BCUT2D eigenvalue weighted by atomic mass is 10.1. The number of hydrogen-bond donors (Lipinski definition) is 1. The van der Waals surface area contributed by atoms with Crippen molar-refractivity contribution in [2.75, 3.05) is 0 Å². The van der Waals surface area contributed by atoms with Crippen LogP contribution in [0.3, 0.4) is 0 Å². The summed E-state index contributed by atoms with van der Waals surface area (Å²) in [5, 5.41) is 9.10. The van der Waals surface area contributed by atoms with Gasteiger partial charge < -0.3 is 9.84 Å². The van der Waals surface area contributed by atoms with Gasteiger partial charge in [-0.3, -0.25) is 0 Å². The van der Waals surface area contributed by atoms with Crippen molar-refractivity contribution >= 4 is 15.9 Å². The SMILES string of the molecule is Cc1cc(CO)ccc1Oc1cc(C)c(Br)c(C)c1. The molecule has 2 nitrogen and oxygen atoms in total. The number of aliphatic hydroxyl groups excluding tert-OH is 1. The maximum atomic E-state index is 9.10. The minimum absolute atomic E-state index is 0.0532. The number of benzene rings is 2. The molecule has 0 aromatic heterocycles. The summed E-state index contributed by atoms with van der Waals surface area (Å²) in [4.78, 5) is 0. The van der Waals surface area contributed by atoms with Crippen molar-refractivity contribution in [1.82, 2.24) is 0 Å². The van der Waals surface area contributed by atoms with E-state index in [-0.39, 0.29) is 6.61 Å². The van der Waals surface area contributed by atoms with Gasteiger partial charge in [-0.15, -0.1) is 0 Å². The second-order valence-corrected chi connectivity index (χ2v) is 5.52. The molecule has 19 heavy (non-hydrogen) atoms. The summed E-state index contributed by atoms with van der Waals surface area (Å²) in [6, 6.07) is 9.73. The third-order valence-corrected chi connectivity index (χ3v) is 4.31. The van der Waals surface area contributed by atoms with Gasteiger partial charge in [-0.2, -0.15) is 0 Å². The van der Waals surface area contributed by atoms with E-state index in [0.717, 1.165) is 38.2 Å². The number of aliphatic hydroxyl groups is 1. The van der Waals surface area contributed by atoms with Gasteiger partial charge in [-0.25, -0.2) is 0 Å². The quantitative estimate of drug-likeness (QED) is 0.891. The molecular weight excluding hydrogens is 304 g/mol. The normalized spacial score (nSPS) is 10.6. The summed E-state index contributed by atoms with van der Waals surface area (Å²) in [6.45, 7) is 6.13. The first-order valence-corrected chi connectivity index (χ1v) is 6.95. The first kappa shape index (κ1) is 14.1. The summed E-state index contributed by atoms with van der Waals surface area (Å²) < 4.78 is 7.04. The molecule has 2 aromatic rings. The maximum absolute atomic E-state index is 9.10. The van der Waals surface area contributed by atoms with Crippen LogP contribution in [-0.4, -0.2) is 5.11 Å². The number of hydrogen-bond acceptors (Lipinski definition) is 2. The highest BCUT2D eigenvalue weighted by molar-refractivity contribution is 9.10. The average molecular weight is 321 g/mol. The van der Waals surface area contributed by atoms with Crippen LogP contribution >= 0.6 is 15.9 Å². The molecule has 0 aliphatic rings. The standard InChI is InChI=1S/C16H17BrO2/c1-10-6-13(9-18)4-5-15(10)19-14-7-11(2)16(17)12(3)8-14/h4-8,18H,9H2,1-3H3. The topological polar surface area (TPSA) is 29.5 Å². The van der Waals surface area contributed by atoms with Crippen LogP contribution in [-0.2, 0) is 6.61 Å². The Morgan fingerprint density at radius 2 is 1.63 bits per heavy atom. The van der Waals surface area contributed by atoms with Gasteiger partial charge in [-0.1, -0.05) is 28.1 Å². The predicted molar refractivity (Wildman–Crippen MR) is 80.8 cm³/mol. The van der Waals surface area contributed by atoms with Crippen molar-refractivity contribution < 1.29 is 9.84 Å². The third kappa shape index (κ3) is 3.17. The van der Waals surface area contributed by atoms with Crippen molar-refractivity contribution in [2.24, 2.45) is 0 Å². The van der Waals surface area contributed by atoms with Gasteiger partial charge in [0.25, 0.3) is 0 Å². The fourth-order valence-corrected chi connectivity index (χ4v) is 2.25. The zero-order valence-electron chi connectivity index (χ0n) is 11.3. The molecule has 0 spiro atoms.